The fraction of sp³-hybridized carbons (Fsp3) is 0.389. The Morgan fingerprint density at radius 2 is 2.09 bits per heavy atom. The van der Waals surface area contributed by atoms with E-state index < -0.39 is 11.9 Å². The number of carbonyl (C=O) groups excluding carboxylic acids is 2. The summed E-state index contributed by atoms with van der Waals surface area (Å²) in [5.74, 6) is -0.791. The van der Waals surface area contributed by atoms with Crippen LogP contribution in [0.25, 0.3) is 0 Å². The summed E-state index contributed by atoms with van der Waals surface area (Å²) in [4.78, 5) is 29.5. The molecule has 2 heterocycles. The Morgan fingerprint density at radius 1 is 1.30 bits per heavy atom. The Bertz CT molecular complexity index is 746. The van der Waals surface area contributed by atoms with Crippen molar-refractivity contribution in [2.75, 3.05) is 7.11 Å². The van der Waals surface area contributed by atoms with E-state index in [0.717, 1.165) is 29.9 Å². The first-order chi connectivity index (χ1) is 11.0. The van der Waals surface area contributed by atoms with Gasteiger partial charge in [0.15, 0.2) is 5.78 Å². The van der Waals surface area contributed by atoms with Gasteiger partial charge in [0.1, 0.15) is 0 Å². The second kappa shape index (κ2) is 5.99. The highest BCUT2D eigenvalue weighted by atomic mass is 16.5. The van der Waals surface area contributed by atoms with Gasteiger partial charge in [-0.25, -0.2) is 4.79 Å². The van der Waals surface area contributed by atoms with Crippen molar-refractivity contribution in [3.05, 3.63) is 52.1 Å². The molecule has 1 aliphatic carbocycles. The number of hydrogen-bond donors (Lipinski definition) is 1. The van der Waals surface area contributed by atoms with Gasteiger partial charge in [-0.05, 0) is 38.8 Å². The number of hydrogen-bond acceptors (Lipinski definition) is 5. The van der Waals surface area contributed by atoms with Crippen molar-refractivity contribution in [1.29, 1.82) is 0 Å². The molecule has 1 atom stereocenters. The number of allylic oxidation sites excluding steroid dienone is 3. The van der Waals surface area contributed by atoms with Crippen LogP contribution in [0, 0.1) is 6.92 Å². The van der Waals surface area contributed by atoms with Crippen LogP contribution in [-0.2, 0) is 14.3 Å². The molecule has 1 aromatic heterocycles. The molecule has 5 heteroatoms. The zero-order valence-corrected chi connectivity index (χ0v) is 13.6. The summed E-state index contributed by atoms with van der Waals surface area (Å²) >= 11 is 0. The summed E-state index contributed by atoms with van der Waals surface area (Å²) in [5.41, 5.74) is 4.36. The summed E-state index contributed by atoms with van der Waals surface area (Å²) in [6.07, 6.45) is 2.16. The molecule has 0 amide bonds. The Morgan fingerprint density at radius 3 is 2.78 bits per heavy atom. The van der Waals surface area contributed by atoms with E-state index in [1.54, 1.807) is 0 Å². The molecule has 0 saturated carbocycles. The molecular formula is C18H20N2O3. The second-order valence-electron chi connectivity index (χ2n) is 5.96. The first-order valence-corrected chi connectivity index (χ1v) is 7.78. The smallest absolute Gasteiger partial charge is 0.336 e. The number of nitrogens with zero attached hydrogens (tertiary/aromatic N) is 1. The fourth-order valence-electron chi connectivity index (χ4n) is 3.38. The van der Waals surface area contributed by atoms with Crippen molar-refractivity contribution < 1.29 is 14.3 Å². The summed E-state index contributed by atoms with van der Waals surface area (Å²) in [6.45, 7) is 3.74. The molecule has 120 valence electrons. The number of dihydropyridines is 1. The average molecular weight is 312 g/mol. The predicted octanol–water partition coefficient (Wildman–Crippen LogP) is 2.53. The molecule has 3 rings (SSSR count). The van der Waals surface area contributed by atoms with Gasteiger partial charge in [-0.15, -0.1) is 0 Å². The molecule has 1 aromatic rings. The number of ketones is 1. The quantitative estimate of drug-likeness (QED) is 0.850. The van der Waals surface area contributed by atoms with Crippen molar-refractivity contribution in [3.8, 4) is 0 Å². The van der Waals surface area contributed by atoms with Gasteiger partial charge in [-0.3, -0.25) is 9.78 Å². The van der Waals surface area contributed by atoms with Crippen molar-refractivity contribution >= 4 is 11.8 Å². The van der Waals surface area contributed by atoms with Gasteiger partial charge in [0.05, 0.1) is 24.3 Å². The third kappa shape index (κ3) is 2.67. The molecule has 1 aliphatic heterocycles. The van der Waals surface area contributed by atoms with Crippen molar-refractivity contribution in [2.45, 2.75) is 39.0 Å². The predicted molar refractivity (Wildman–Crippen MR) is 85.5 cm³/mol. The molecule has 0 radical (unpaired) electrons. The Balaban J connectivity index is 2.20. The maximum atomic E-state index is 12.6. The average Bonchev–Trinajstić information content (AvgIpc) is 2.53. The van der Waals surface area contributed by atoms with Crippen LogP contribution in [0.3, 0.4) is 0 Å². The first kappa shape index (κ1) is 15.5. The van der Waals surface area contributed by atoms with Crippen LogP contribution < -0.4 is 5.32 Å². The normalized spacial score (nSPS) is 21.0. The Labute approximate surface area is 135 Å². The van der Waals surface area contributed by atoms with Gasteiger partial charge >= 0.3 is 5.97 Å². The summed E-state index contributed by atoms with van der Waals surface area (Å²) in [7, 11) is 1.36. The number of aryl methyl sites for hydroxylation is 1. The SMILES string of the molecule is COC(=O)C1=C(C)NC2=C(C(=O)CCC2)[C@H]1c1cccc(C)n1. The van der Waals surface area contributed by atoms with E-state index in [2.05, 4.69) is 10.3 Å². The van der Waals surface area contributed by atoms with Crippen LogP contribution >= 0.6 is 0 Å². The van der Waals surface area contributed by atoms with Crippen LogP contribution in [-0.4, -0.2) is 23.8 Å². The summed E-state index contributed by atoms with van der Waals surface area (Å²) < 4.78 is 4.96. The highest BCUT2D eigenvalue weighted by molar-refractivity contribution is 6.03. The number of aromatic nitrogens is 1. The second-order valence-corrected chi connectivity index (χ2v) is 5.96. The van der Waals surface area contributed by atoms with Gasteiger partial charge < -0.3 is 10.1 Å². The van der Waals surface area contributed by atoms with Gasteiger partial charge in [0, 0.05) is 29.1 Å². The largest absolute Gasteiger partial charge is 0.466 e. The zero-order chi connectivity index (χ0) is 16.6. The molecule has 0 aromatic carbocycles. The number of rotatable bonds is 2. The van der Waals surface area contributed by atoms with Crippen LogP contribution in [0.5, 0.6) is 0 Å². The number of carbonyl (C=O) groups is 2. The lowest BCUT2D eigenvalue weighted by Crippen LogP contribution is -2.34. The number of esters is 1. The number of methoxy groups -OCH3 is 1. The van der Waals surface area contributed by atoms with Crippen LogP contribution in [0.15, 0.2) is 40.7 Å². The lowest BCUT2D eigenvalue weighted by Gasteiger charge is -2.33. The maximum Gasteiger partial charge on any atom is 0.336 e. The van der Waals surface area contributed by atoms with E-state index in [1.807, 2.05) is 32.0 Å². The molecule has 0 bridgehead atoms. The first-order valence-electron chi connectivity index (χ1n) is 7.78. The third-order valence-electron chi connectivity index (χ3n) is 4.39. The van der Waals surface area contributed by atoms with E-state index in [4.69, 9.17) is 4.74 Å². The van der Waals surface area contributed by atoms with Gasteiger partial charge in [0.2, 0.25) is 0 Å². The van der Waals surface area contributed by atoms with Crippen LogP contribution in [0.1, 0.15) is 43.5 Å². The lowest BCUT2D eigenvalue weighted by atomic mass is 9.77. The van der Waals surface area contributed by atoms with Gasteiger partial charge in [0.25, 0.3) is 0 Å². The fourth-order valence-corrected chi connectivity index (χ4v) is 3.38. The highest BCUT2D eigenvalue weighted by Gasteiger charge is 2.39. The molecule has 5 nitrogen and oxygen atoms in total. The van der Waals surface area contributed by atoms with Gasteiger partial charge in [-0.1, -0.05) is 6.07 Å². The molecule has 0 unspecified atom stereocenters. The van der Waals surface area contributed by atoms with E-state index in [0.29, 0.717) is 23.3 Å². The van der Waals surface area contributed by atoms with Crippen LogP contribution in [0.2, 0.25) is 0 Å². The number of pyridine rings is 1. The summed E-state index contributed by atoms with van der Waals surface area (Å²) in [5, 5.41) is 3.24. The molecule has 0 spiro atoms. The number of nitrogens with one attached hydrogen (secondary N) is 1. The molecule has 0 fully saturated rings. The minimum atomic E-state index is -0.452. The molecular weight excluding hydrogens is 292 g/mol. The van der Waals surface area contributed by atoms with E-state index in [9.17, 15) is 9.59 Å². The highest BCUT2D eigenvalue weighted by Crippen LogP contribution is 2.41. The van der Waals surface area contributed by atoms with E-state index >= 15 is 0 Å². The molecule has 1 N–H and O–H groups in total. The molecule has 0 saturated heterocycles. The molecule has 23 heavy (non-hydrogen) atoms. The third-order valence-corrected chi connectivity index (χ3v) is 4.39. The van der Waals surface area contributed by atoms with Crippen molar-refractivity contribution in [1.82, 2.24) is 10.3 Å². The van der Waals surface area contributed by atoms with E-state index in [-0.39, 0.29) is 5.78 Å². The Hall–Kier alpha value is -2.43. The Kier molecular flexibility index (Phi) is 4.03. The number of Topliss-reactive ketones (excluding diaryl/α,β-unsaturated/α-hetero) is 1. The standard InChI is InChI=1S/C18H20N2O3/c1-10-6-4-7-13(19-10)17-15(18(22)23-3)11(2)20-12-8-5-9-14(21)16(12)17/h4,6-7,17,20H,5,8-9H2,1-3H3/t17-/m0/s1. The topological polar surface area (TPSA) is 68.3 Å². The maximum absolute atomic E-state index is 12.6. The summed E-state index contributed by atoms with van der Waals surface area (Å²) in [6, 6.07) is 5.67. The van der Waals surface area contributed by atoms with Gasteiger partial charge in [-0.2, -0.15) is 0 Å². The minimum absolute atomic E-state index is 0.0842. The van der Waals surface area contributed by atoms with Crippen molar-refractivity contribution in [2.24, 2.45) is 0 Å². The zero-order valence-electron chi connectivity index (χ0n) is 13.6. The lowest BCUT2D eigenvalue weighted by molar-refractivity contribution is -0.136. The van der Waals surface area contributed by atoms with Crippen LogP contribution in [0.4, 0.5) is 0 Å². The monoisotopic (exact) mass is 312 g/mol. The van der Waals surface area contributed by atoms with Crippen molar-refractivity contribution in [3.63, 3.8) is 0 Å². The molecule has 2 aliphatic rings. The van der Waals surface area contributed by atoms with E-state index in [1.165, 1.54) is 7.11 Å². The number of ether oxygens (including phenoxy) is 1. The minimum Gasteiger partial charge on any atom is -0.466 e.